The highest BCUT2D eigenvalue weighted by atomic mass is 15.1. The highest BCUT2D eigenvalue weighted by Crippen LogP contribution is 2.16. The lowest BCUT2D eigenvalue weighted by molar-refractivity contribution is -0.704. The summed E-state index contributed by atoms with van der Waals surface area (Å²) in [7, 11) is 0. The zero-order chi connectivity index (χ0) is 27.6. The first-order valence-electron chi connectivity index (χ1n) is 17.5. The maximum Gasteiger partial charge on any atom is 0.261 e. The minimum absolute atomic E-state index is 1.17. The monoisotopic (exact) mass is 538 g/mol. The first-order chi connectivity index (χ1) is 19.4. The average Bonchev–Trinajstić information content (AvgIpc) is 3.37. The summed E-state index contributed by atoms with van der Waals surface area (Å²) in [6.07, 6.45) is 39.8. The topological polar surface area (TPSA) is 8.81 Å². The summed E-state index contributed by atoms with van der Waals surface area (Å²) in [5.74, 6) is 1.50. The Morgan fingerprint density at radius 1 is 0.487 bits per heavy atom. The van der Waals surface area contributed by atoms with Crippen LogP contribution in [-0.4, -0.2) is 4.57 Å². The fraction of sp³-hybridized carbons (Fsp3) is 0.757. The lowest BCUT2D eigenvalue weighted by atomic mass is 10.0. The zero-order valence-electron chi connectivity index (χ0n) is 26.3. The summed E-state index contributed by atoms with van der Waals surface area (Å²) in [4.78, 5) is 0. The van der Waals surface area contributed by atoms with Gasteiger partial charge in [-0.05, 0) is 31.4 Å². The number of benzene rings is 1. The Bertz CT molecular complexity index is 778. The number of hydrogen-bond donors (Lipinski definition) is 0. The van der Waals surface area contributed by atoms with Crippen molar-refractivity contribution < 1.29 is 4.57 Å². The number of hydrogen-bond acceptors (Lipinski definition) is 0. The Hall–Kier alpha value is -1.57. The van der Waals surface area contributed by atoms with Crippen LogP contribution >= 0.6 is 0 Å². The SMILES string of the molecule is CCCCCCCCCCCCCCCCCc1n(-c2ccccc2)cc[n+]1CCCCCCCCCCC. The molecular formula is C37H65N2+. The van der Waals surface area contributed by atoms with Crippen LogP contribution < -0.4 is 4.57 Å². The predicted octanol–water partition coefficient (Wildman–Crippen LogP) is 11.7. The molecule has 0 aliphatic heterocycles. The van der Waals surface area contributed by atoms with Crippen LogP contribution in [0.2, 0.25) is 0 Å². The van der Waals surface area contributed by atoms with E-state index in [1.807, 2.05) is 0 Å². The van der Waals surface area contributed by atoms with Crippen LogP contribution in [-0.2, 0) is 13.0 Å². The zero-order valence-corrected chi connectivity index (χ0v) is 26.3. The van der Waals surface area contributed by atoms with Crippen LogP contribution in [0.5, 0.6) is 0 Å². The Morgan fingerprint density at radius 2 is 0.897 bits per heavy atom. The van der Waals surface area contributed by atoms with Gasteiger partial charge >= 0.3 is 0 Å². The van der Waals surface area contributed by atoms with Crippen LogP contribution in [0.1, 0.15) is 174 Å². The number of aryl methyl sites for hydroxylation is 1. The van der Waals surface area contributed by atoms with Crippen LogP contribution in [0.4, 0.5) is 0 Å². The van der Waals surface area contributed by atoms with Crippen molar-refractivity contribution in [2.75, 3.05) is 0 Å². The molecule has 39 heavy (non-hydrogen) atoms. The number of unbranched alkanes of at least 4 members (excludes halogenated alkanes) is 22. The van der Waals surface area contributed by atoms with E-state index in [0.717, 1.165) is 0 Å². The van der Waals surface area contributed by atoms with Crippen LogP contribution in [0, 0.1) is 0 Å². The first-order valence-corrected chi connectivity index (χ1v) is 17.5. The van der Waals surface area contributed by atoms with Crippen LogP contribution in [0.3, 0.4) is 0 Å². The van der Waals surface area contributed by atoms with Crippen molar-refractivity contribution in [1.82, 2.24) is 4.57 Å². The van der Waals surface area contributed by atoms with E-state index in [9.17, 15) is 0 Å². The van der Waals surface area contributed by atoms with E-state index in [-0.39, 0.29) is 0 Å². The van der Waals surface area contributed by atoms with Crippen molar-refractivity contribution in [3.8, 4) is 5.69 Å². The lowest BCUT2D eigenvalue weighted by Gasteiger charge is -2.07. The molecule has 2 rings (SSSR count). The molecule has 1 aromatic heterocycles. The largest absolute Gasteiger partial charge is 0.261 e. The van der Waals surface area contributed by atoms with Gasteiger partial charge in [0.25, 0.3) is 5.82 Å². The second-order valence-corrected chi connectivity index (χ2v) is 12.1. The van der Waals surface area contributed by atoms with Gasteiger partial charge < -0.3 is 0 Å². The maximum atomic E-state index is 2.55. The first kappa shape index (κ1) is 33.6. The summed E-state index contributed by atoms with van der Waals surface area (Å²) >= 11 is 0. The van der Waals surface area contributed by atoms with Crippen LogP contribution in [0.15, 0.2) is 42.7 Å². The quantitative estimate of drug-likeness (QED) is 0.0791. The van der Waals surface area contributed by atoms with Gasteiger partial charge in [0.2, 0.25) is 0 Å². The van der Waals surface area contributed by atoms with E-state index in [1.165, 1.54) is 179 Å². The molecule has 1 aromatic carbocycles. The Labute approximate surface area is 244 Å². The third-order valence-electron chi connectivity index (χ3n) is 8.55. The van der Waals surface area contributed by atoms with E-state index in [2.05, 4.69) is 65.7 Å². The highest BCUT2D eigenvalue weighted by Gasteiger charge is 2.18. The third-order valence-corrected chi connectivity index (χ3v) is 8.55. The minimum Gasteiger partial charge on any atom is -0.234 e. The van der Waals surface area contributed by atoms with Gasteiger partial charge in [0.15, 0.2) is 0 Å². The Morgan fingerprint density at radius 3 is 1.36 bits per heavy atom. The van der Waals surface area contributed by atoms with Gasteiger partial charge in [0.05, 0.1) is 6.54 Å². The van der Waals surface area contributed by atoms with Gasteiger partial charge in [-0.2, -0.15) is 4.57 Å². The van der Waals surface area contributed by atoms with E-state index in [1.54, 1.807) is 0 Å². The smallest absolute Gasteiger partial charge is 0.234 e. The van der Waals surface area contributed by atoms with Gasteiger partial charge in [-0.1, -0.05) is 167 Å². The molecule has 0 aliphatic rings. The normalized spacial score (nSPS) is 11.4. The average molecular weight is 538 g/mol. The minimum atomic E-state index is 1.17. The third kappa shape index (κ3) is 16.3. The molecule has 0 saturated carbocycles. The van der Waals surface area contributed by atoms with Crippen molar-refractivity contribution in [2.45, 2.75) is 181 Å². The molecule has 222 valence electrons. The van der Waals surface area contributed by atoms with E-state index < -0.39 is 0 Å². The number of aromatic nitrogens is 2. The predicted molar refractivity (Wildman–Crippen MR) is 172 cm³/mol. The van der Waals surface area contributed by atoms with Crippen LogP contribution in [0.25, 0.3) is 5.69 Å². The number of rotatable bonds is 27. The molecule has 2 heteroatoms. The van der Waals surface area contributed by atoms with E-state index in [0.29, 0.717) is 0 Å². The lowest BCUT2D eigenvalue weighted by Crippen LogP contribution is -2.37. The van der Waals surface area contributed by atoms with E-state index in [4.69, 9.17) is 0 Å². The molecule has 0 saturated heterocycles. The molecule has 0 spiro atoms. The summed E-state index contributed by atoms with van der Waals surface area (Å²) in [6, 6.07) is 10.9. The van der Waals surface area contributed by atoms with Gasteiger partial charge in [0, 0.05) is 6.42 Å². The fourth-order valence-corrected chi connectivity index (χ4v) is 6.00. The van der Waals surface area contributed by atoms with Gasteiger partial charge in [-0.3, -0.25) is 0 Å². The molecule has 0 atom stereocenters. The molecular weight excluding hydrogens is 472 g/mol. The van der Waals surface area contributed by atoms with Crippen molar-refractivity contribution in [3.63, 3.8) is 0 Å². The molecule has 0 bridgehead atoms. The molecule has 1 heterocycles. The molecule has 2 aromatic rings. The Balaban J connectivity index is 1.60. The molecule has 2 nitrogen and oxygen atoms in total. The number of imidazole rings is 1. The highest BCUT2D eigenvalue weighted by molar-refractivity contribution is 5.31. The summed E-state index contributed by atoms with van der Waals surface area (Å²) in [5.41, 5.74) is 1.30. The van der Waals surface area contributed by atoms with Crippen molar-refractivity contribution >= 4 is 0 Å². The number of nitrogens with zero attached hydrogens (tertiary/aromatic N) is 2. The van der Waals surface area contributed by atoms with Gasteiger partial charge in [0.1, 0.15) is 18.1 Å². The standard InChI is InChI=1S/C37H65N2/c1-3-5-7-9-11-13-14-15-16-17-18-19-21-23-28-32-37-38(33-29-24-22-20-12-10-8-6-4-2)34-35-39(37)36-30-26-25-27-31-36/h25-27,30-31,34-35H,3-24,28-29,32-33H2,1-2H3/q+1. The second kappa shape index (κ2) is 24.2. The van der Waals surface area contributed by atoms with Crippen molar-refractivity contribution in [3.05, 3.63) is 48.5 Å². The van der Waals surface area contributed by atoms with Crippen molar-refractivity contribution in [1.29, 1.82) is 0 Å². The van der Waals surface area contributed by atoms with Gasteiger partial charge in [-0.25, -0.2) is 4.57 Å². The summed E-state index contributed by atoms with van der Waals surface area (Å²) < 4.78 is 5.00. The maximum absolute atomic E-state index is 2.55. The van der Waals surface area contributed by atoms with Gasteiger partial charge in [-0.15, -0.1) is 0 Å². The molecule has 0 N–H and O–H groups in total. The van der Waals surface area contributed by atoms with Crippen molar-refractivity contribution in [2.24, 2.45) is 0 Å². The molecule has 0 fully saturated rings. The number of para-hydroxylation sites is 1. The molecule has 0 unspecified atom stereocenters. The summed E-state index contributed by atoms with van der Waals surface area (Å²) in [5, 5.41) is 0. The molecule has 0 aliphatic carbocycles. The van der Waals surface area contributed by atoms with E-state index >= 15 is 0 Å². The molecule has 0 radical (unpaired) electrons. The summed E-state index contributed by atoms with van der Waals surface area (Å²) in [6.45, 7) is 5.78. The Kier molecular flexibility index (Phi) is 20.9. The second-order valence-electron chi connectivity index (χ2n) is 12.1. The fourth-order valence-electron chi connectivity index (χ4n) is 6.00. The molecule has 0 amide bonds.